The lowest BCUT2D eigenvalue weighted by molar-refractivity contribution is 0.418. The fourth-order valence-corrected chi connectivity index (χ4v) is 1.21. The number of alkyl halides is 1. The van der Waals surface area contributed by atoms with Gasteiger partial charge in [0.05, 0.1) is 0 Å². The third-order valence-corrected chi connectivity index (χ3v) is 1.69. The van der Waals surface area contributed by atoms with E-state index in [0.29, 0.717) is 5.38 Å². The maximum absolute atomic E-state index is 5.77. The molecule has 0 aromatic rings. The van der Waals surface area contributed by atoms with Crippen LogP contribution in [0.4, 0.5) is 0 Å². The van der Waals surface area contributed by atoms with Gasteiger partial charge in [-0.25, -0.2) is 0 Å². The van der Waals surface area contributed by atoms with Gasteiger partial charge in [-0.3, -0.25) is 0 Å². The van der Waals surface area contributed by atoms with E-state index in [1.807, 2.05) is 0 Å². The SMILES string of the molecule is CN1CCC(Cl)C1. The second-order valence-electron chi connectivity index (χ2n) is 2.15. The molecular weight excluding hydrogens is 110 g/mol. The van der Waals surface area contributed by atoms with E-state index in [1.165, 1.54) is 6.54 Å². The maximum atomic E-state index is 5.77. The summed E-state index contributed by atoms with van der Waals surface area (Å²) in [5, 5.41) is 0.421. The lowest BCUT2D eigenvalue weighted by Gasteiger charge is -2.02. The van der Waals surface area contributed by atoms with Crippen molar-refractivity contribution in [2.45, 2.75) is 11.8 Å². The highest BCUT2D eigenvalue weighted by atomic mass is 35.5. The van der Waals surface area contributed by atoms with Crippen molar-refractivity contribution >= 4 is 11.6 Å². The molecule has 1 nitrogen and oxygen atoms in total. The Morgan fingerprint density at radius 1 is 1.71 bits per heavy atom. The standard InChI is InChI=1S/C5H10ClN/c1-7-3-2-5(6)4-7/h5H,2-4H2,1H3. The molecule has 42 valence electrons. The Bertz CT molecular complexity index is 57.1. The molecule has 1 aliphatic heterocycles. The Morgan fingerprint density at radius 2 is 2.43 bits per heavy atom. The monoisotopic (exact) mass is 119 g/mol. The number of hydrogen-bond acceptors (Lipinski definition) is 1. The van der Waals surface area contributed by atoms with Gasteiger partial charge in [0.2, 0.25) is 0 Å². The van der Waals surface area contributed by atoms with Gasteiger partial charge in [-0.05, 0) is 20.0 Å². The molecule has 0 aromatic heterocycles. The number of rotatable bonds is 0. The van der Waals surface area contributed by atoms with Crippen LogP contribution in [0.5, 0.6) is 0 Å². The van der Waals surface area contributed by atoms with Crippen LogP contribution >= 0.6 is 11.6 Å². The first kappa shape index (κ1) is 5.39. The van der Waals surface area contributed by atoms with Crippen LogP contribution in [0.1, 0.15) is 6.42 Å². The van der Waals surface area contributed by atoms with Gasteiger partial charge in [-0.1, -0.05) is 0 Å². The average Bonchev–Trinajstić information content (AvgIpc) is 1.87. The summed E-state index contributed by atoms with van der Waals surface area (Å²) in [6.45, 7) is 2.25. The Balaban J connectivity index is 2.26. The summed E-state index contributed by atoms with van der Waals surface area (Å²) in [5.41, 5.74) is 0. The fraction of sp³-hybridized carbons (Fsp3) is 1.00. The second kappa shape index (κ2) is 2.01. The molecule has 0 radical (unpaired) electrons. The molecular formula is C5H10ClN. The van der Waals surface area contributed by atoms with Crippen LogP contribution in [0.2, 0.25) is 0 Å². The minimum atomic E-state index is 0.421. The Morgan fingerprint density at radius 3 is 2.57 bits per heavy atom. The van der Waals surface area contributed by atoms with Crippen molar-refractivity contribution in [3.8, 4) is 0 Å². The largest absolute Gasteiger partial charge is 0.305 e. The number of hydrogen-bond donors (Lipinski definition) is 0. The first-order valence-electron chi connectivity index (χ1n) is 2.61. The van der Waals surface area contributed by atoms with Crippen molar-refractivity contribution in [2.75, 3.05) is 20.1 Å². The highest BCUT2D eigenvalue weighted by molar-refractivity contribution is 6.20. The summed E-state index contributed by atoms with van der Waals surface area (Å²) in [6.07, 6.45) is 1.16. The normalized spacial score (nSPS) is 34.3. The molecule has 0 aliphatic carbocycles. The van der Waals surface area contributed by atoms with Gasteiger partial charge >= 0.3 is 0 Å². The van der Waals surface area contributed by atoms with Gasteiger partial charge in [-0.15, -0.1) is 11.6 Å². The highest BCUT2D eigenvalue weighted by Crippen LogP contribution is 2.11. The summed E-state index contributed by atoms with van der Waals surface area (Å²) >= 11 is 5.77. The van der Waals surface area contributed by atoms with E-state index >= 15 is 0 Å². The molecule has 1 fully saturated rings. The van der Waals surface area contributed by atoms with Gasteiger partial charge < -0.3 is 4.90 Å². The molecule has 7 heavy (non-hydrogen) atoms. The van der Waals surface area contributed by atoms with Gasteiger partial charge in [0.15, 0.2) is 0 Å². The molecule has 1 atom stereocenters. The van der Waals surface area contributed by atoms with Crippen LogP contribution in [0.15, 0.2) is 0 Å². The van der Waals surface area contributed by atoms with E-state index < -0.39 is 0 Å². The van der Waals surface area contributed by atoms with E-state index in [4.69, 9.17) is 11.6 Å². The van der Waals surface area contributed by atoms with Crippen molar-refractivity contribution in [3.63, 3.8) is 0 Å². The fourth-order valence-electron chi connectivity index (χ4n) is 0.881. The minimum Gasteiger partial charge on any atom is -0.305 e. The van der Waals surface area contributed by atoms with E-state index in [2.05, 4.69) is 11.9 Å². The Hall–Kier alpha value is 0.250. The lowest BCUT2D eigenvalue weighted by Crippen LogP contribution is -2.13. The summed E-state index contributed by atoms with van der Waals surface area (Å²) in [4.78, 5) is 2.25. The first-order chi connectivity index (χ1) is 3.29. The predicted octanol–water partition coefficient (Wildman–Crippen LogP) is 0.929. The molecule has 1 saturated heterocycles. The van der Waals surface area contributed by atoms with Gasteiger partial charge in [0, 0.05) is 11.9 Å². The minimum absolute atomic E-state index is 0.421. The lowest BCUT2D eigenvalue weighted by atomic mass is 10.4. The van der Waals surface area contributed by atoms with Crippen molar-refractivity contribution in [3.05, 3.63) is 0 Å². The Kier molecular flexibility index (Phi) is 1.55. The zero-order valence-corrected chi connectivity index (χ0v) is 5.28. The molecule has 0 N–H and O–H groups in total. The first-order valence-corrected chi connectivity index (χ1v) is 3.05. The highest BCUT2D eigenvalue weighted by Gasteiger charge is 2.15. The van der Waals surface area contributed by atoms with Crippen LogP contribution in [0.3, 0.4) is 0 Å². The van der Waals surface area contributed by atoms with Gasteiger partial charge in [0.1, 0.15) is 0 Å². The predicted molar refractivity (Wildman–Crippen MR) is 31.8 cm³/mol. The Labute approximate surface area is 49.3 Å². The molecule has 0 bridgehead atoms. The average molecular weight is 120 g/mol. The topological polar surface area (TPSA) is 3.24 Å². The van der Waals surface area contributed by atoms with Crippen molar-refractivity contribution in [1.29, 1.82) is 0 Å². The van der Waals surface area contributed by atoms with E-state index in [9.17, 15) is 0 Å². The van der Waals surface area contributed by atoms with Crippen LogP contribution in [0.25, 0.3) is 0 Å². The zero-order valence-electron chi connectivity index (χ0n) is 4.52. The molecule has 1 heterocycles. The molecule has 1 rings (SSSR count). The quantitative estimate of drug-likeness (QED) is 0.429. The molecule has 0 aromatic carbocycles. The van der Waals surface area contributed by atoms with Crippen molar-refractivity contribution in [1.82, 2.24) is 4.90 Å². The molecule has 0 saturated carbocycles. The van der Waals surface area contributed by atoms with Gasteiger partial charge in [0.25, 0.3) is 0 Å². The molecule has 2 heteroatoms. The third kappa shape index (κ3) is 1.32. The van der Waals surface area contributed by atoms with Crippen molar-refractivity contribution in [2.24, 2.45) is 0 Å². The number of nitrogens with zero attached hydrogens (tertiary/aromatic N) is 1. The summed E-state index contributed by atoms with van der Waals surface area (Å²) in [6, 6.07) is 0. The molecule has 0 amide bonds. The van der Waals surface area contributed by atoms with E-state index in [1.54, 1.807) is 0 Å². The molecule has 1 aliphatic rings. The van der Waals surface area contributed by atoms with E-state index in [-0.39, 0.29) is 0 Å². The summed E-state index contributed by atoms with van der Waals surface area (Å²) in [7, 11) is 2.10. The van der Waals surface area contributed by atoms with Crippen LogP contribution in [0, 0.1) is 0 Å². The van der Waals surface area contributed by atoms with Crippen LogP contribution in [-0.4, -0.2) is 30.4 Å². The van der Waals surface area contributed by atoms with Crippen molar-refractivity contribution < 1.29 is 0 Å². The van der Waals surface area contributed by atoms with E-state index in [0.717, 1.165) is 13.0 Å². The van der Waals surface area contributed by atoms with Crippen LogP contribution in [-0.2, 0) is 0 Å². The number of halogens is 1. The third-order valence-electron chi connectivity index (χ3n) is 1.33. The smallest absolute Gasteiger partial charge is 0.0475 e. The summed E-state index contributed by atoms with van der Waals surface area (Å²) in [5.74, 6) is 0. The molecule has 0 spiro atoms. The van der Waals surface area contributed by atoms with Crippen LogP contribution < -0.4 is 0 Å². The zero-order chi connectivity index (χ0) is 5.28. The van der Waals surface area contributed by atoms with Gasteiger partial charge in [-0.2, -0.15) is 0 Å². The second-order valence-corrected chi connectivity index (χ2v) is 2.77. The maximum Gasteiger partial charge on any atom is 0.0475 e. The summed E-state index contributed by atoms with van der Waals surface area (Å²) < 4.78 is 0. The molecule has 1 unspecified atom stereocenters. The number of likely N-dealkylation sites (tertiary alicyclic amines) is 1.